The van der Waals surface area contributed by atoms with E-state index < -0.39 is 11.9 Å². The zero-order valence-electron chi connectivity index (χ0n) is 17.7. The smallest absolute Gasteiger partial charge is 0.240 e. The second-order valence-electron chi connectivity index (χ2n) is 7.36. The number of hydrogen-bond donors (Lipinski definition) is 3. The van der Waals surface area contributed by atoms with E-state index in [1.807, 2.05) is 19.0 Å². The summed E-state index contributed by atoms with van der Waals surface area (Å²) in [6.07, 6.45) is 0.0427. The van der Waals surface area contributed by atoms with Gasteiger partial charge in [0.2, 0.25) is 22.1 Å². The van der Waals surface area contributed by atoms with Crippen molar-refractivity contribution in [2.75, 3.05) is 44.4 Å². The van der Waals surface area contributed by atoms with E-state index in [0.29, 0.717) is 34.0 Å². The number of carbonyl (C=O) groups excluding carboxylic acids is 3. The second kappa shape index (κ2) is 11.6. The van der Waals surface area contributed by atoms with Crippen molar-refractivity contribution in [1.29, 1.82) is 0 Å². The number of nitrogens with one attached hydrogen (secondary N) is 2. The van der Waals surface area contributed by atoms with E-state index >= 15 is 0 Å². The van der Waals surface area contributed by atoms with Crippen LogP contribution in [-0.4, -0.2) is 91.8 Å². The molecule has 3 rings (SSSR count). The predicted molar refractivity (Wildman–Crippen MR) is 123 cm³/mol. The van der Waals surface area contributed by atoms with Crippen molar-refractivity contribution in [3.8, 4) is 0 Å². The lowest BCUT2D eigenvalue weighted by Crippen LogP contribution is -2.47. The van der Waals surface area contributed by atoms with Crippen molar-refractivity contribution in [2.24, 2.45) is 5.92 Å². The summed E-state index contributed by atoms with van der Waals surface area (Å²) >= 11 is 3.91. The molecule has 2 atom stereocenters. The molecule has 0 bridgehead atoms. The van der Waals surface area contributed by atoms with Gasteiger partial charge in [0.25, 0.3) is 0 Å². The van der Waals surface area contributed by atoms with E-state index in [1.54, 1.807) is 10.1 Å². The van der Waals surface area contributed by atoms with Crippen LogP contribution in [0.5, 0.6) is 0 Å². The number of nitrogens with two attached hydrogens (primary N) is 1. The molecule has 174 valence electrons. The van der Waals surface area contributed by atoms with E-state index in [1.165, 1.54) is 34.9 Å². The third-order valence-electron chi connectivity index (χ3n) is 4.52. The first-order valence-electron chi connectivity index (χ1n) is 9.78. The number of thioether (sulfide) groups is 2. The predicted octanol–water partition coefficient (Wildman–Crippen LogP) is -0.901. The first-order chi connectivity index (χ1) is 15.3. The van der Waals surface area contributed by atoms with Gasteiger partial charge < -0.3 is 21.3 Å². The number of tetrazole rings is 1. The summed E-state index contributed by atoms with van der Waals surface area (Å²) in [4.78, 5) is 42.7. The Morgan fingerprint density at radius 1 is 1.38 bits per heavy atom. The fourth-order valence-corrected chi connectivity index (χ4v) is 5.72. The Bertz CT molecular complexity index is 949. The van der Waals surface area contributed by atoms with E-state index in [-0.39, 0.29) is 29.9 Å². The van der Waals surface area contributed by atoms with Crippen LogP contribution in [0.25, 0.3) is 0 Å². The van der Waals surface area contributed by atoms with Gasteiger partial charge in [0.05, 0.1) is 25.2 Å². The minimum Gasteiger partial charge on any atom is -0.375 e. The maximum atomic E-state index is 12.3. The summed E-state index contributed by atoms with van der Waals surface area (Å²) in [7, 11) is 3.95. The van der Waals surface area contributed by atoms with Crippen LogP contribution >= 0.6 is 34.9 Å². The van der Waals surface area contributed by atoms with Gasteiger partial charge in [0, 0.05) is 29.3 Å². The van der Waals surface area contributed by atoms with Crippen molar-refractivity contribution in [3.05, 3.63) is 11.1 Å². The summed E-state index contributed by atoms with van der Waals surface area (Å²) in [5.74, 6) is 0.378. The van der Waals surface area contributed by atoms with Gasteiger partial charge in [0.15, 0.2) is 5.13 Å². The molecule has 1 aliphatic heterocycles. The highest BCUT2D eigenvalue weighted by molar-refractivity contribution is 8.14. The van der Waals surface area contributed by atoms with Crippen LogP contribution in [0.2, 0.25) is 0 Å². The molecule has 12 nitrogen and oxygen atoms in total. The number of hydrogen-bond acceptors (Lipinski definition) is 12. The third kappa shape index (κ3) is 7.15. The molecule has 1 saturated heterocycles. The number of rotatable bonds is 11. The zero-order chi connectivity index (χ0) is 23.1. The Kier molecular flexibility index (Phi) is 8.84. The SMILES string of the molecule is CN(C)CCn1nnnc1SC[C@@H]1CSC(=O)[C@H]1NC(=O)CNC(=O)Cc1csc(N)n1. The molecule has 0 unspecified atom stereocenters. The van der Waals surface area contributed by atoms with Gasteiger partial charge in [-0.05, 0) is 24.5 Å². The van der Waals surface area contributed by atoms with Gasteiger partial charge >= 0.3 is 0 Å². The topological polar surface area (TPSA) is 161 Å². The Balaban J connectivity index is 1.45. The number of amides is 2. The highest BCUT2D eigenvalue weighted by Crippen LogP contribution is 2.30. The standard InChI is InChI=1S/C17H25N9O3S3/c1-25(2)3-4-26-17(22-23-24-26)32-8-10-7-30-15(29)14(10)21-13(28)6-19-12(27)5-11-9-31-16(18)20-11/h9-10,14H,3-8H2,1-2H3,(H2,18,20)(H,19,27)(H,21,28)/t10-,14-/m0/s1. The van der Waals surface area contributed by atoms with Crippen LogP contribution < -0.4 is 16.4 Å². The first kappa shape index (κ1) is 24.4. The van der Waals surface area contributed by atoms with E-state index in [9.17, 15) is 14.4 Å². The summed E-state index contributed by atoms with van der Waals surface area (Å²) < 4.78 is 1.73. The molecule has 0 saturated carbocycles. The zero-order valence-corrected chi connectivity index (χ0v) is 20.1. The third-order valence-corrected chi connectivity index (χ3v) is 7.52. The van der Waals surface area contributed by atoms with Crippen molar-refractivity contribution < 1.29 is 14.4 Å². The largest absolute Gasteiger partial charge is 0.375 e. The van der Waals surface area contributed by atoms with Crippen LogP contribution in [0.1, 0.15) is 5.69 Å². The van der Waals surface area contributed by atoms with Crippen LogP contribution in [0.4, 0.5) is 5.13 Å². The van der Waals surface area contributed by atoms with Crippen molar-refractivity contribution >= 4 is 56.9 Å². The number of nitrogen functional groups attached to an aromatic ring is 1. The number of nitrogens with zero attached hydrogens (tertiary/aromatic N) is 6. The molecule has 1 aliphatic rings. The maximum Gasteiger partial charge on any atom is 0.240 e. The molecule has 0 aliphatic carbocycles. The first-order valence-corrected chi connectivity index (χ1v) is 12.6. The summed E-state index contributed by atoms with van der Waals surface area (Å²) in [5.41, 5.74) is 6.10. The van der Waals surface area contributed by atoms with Crippen molar-refractivity contribution in [1.82, 2.24) is 40.7 Å². The van der Waals surface area contributed by atoms with Gasteiger partial charge in [0.1, 0.15) is 6.04 Å². The fraction of sp³-hybridized carbons (Fsp3) is 0.588. The van der Waals surface area contributed by atoms with Gasteiger partial charge in [-0.15, -0.1) is 16.4 Å². The van der Waals surface area contributed by atoms with Gasteiger partial charge in [-0.3, -0.25) is 14.4 Å². The minimum atomic E-state index is -0.610. The molecular formula is C17H25N9O3S3. The number of carbonyl (C=O) groups is 3. The van der Waals surface area contributed by atoms with Crippen molar-refractivity contribution in [3.63, 3.8) is 0 Å². The molecule has 32 heavy (non-hydrogen) atoms. The minimum absolute atomic E-state index is 0.0427. The molecule has 3 heterocycles. The molecule has 0 aromatic carbocycles. The molecule has 0 spiro atoms. The van der Waals surface area contributed by atoms with Crippen LogP contribution in [0, 0.1) is 5.92 Å². The number of anilines is 1. The fourth-order valence-electron chi connectivity index (χ4n) is 2.84. The van der Waals surface area contributed by atoms with Crippen LogP contribution in [0.15, 0.2) is 10.5 Å². The summed E-state index contributed by atoms with van der Waals surface area (Å²) in [5, 5.41) is 19.8. The van der Waals surface area contributed by atoms with E-state index in [2.05, 4.69) is 31.1 Å². The maximum absolute atomic E-state index is 12.3. The van der Waals surface area contributed by atoms with Crippen LogP contribution in [0.3, 0.4) is 0 Å². The van der Waals surface area contributed by atoms with Gasteiger partial charge in [-0.2, -0.15) is 0 Å². The Morgan fingerprint density at radius 3 is 2.91 bits per heavy atom. The highest BCUT2D eigenvalue weighted by atomic mass is 32.2. The molecule has 15 heteroatoms. The summed E-state index contributed by atoms with van der Waals surface area (Å²) in [6, 6.07) is -0.610. The average molecular weight is 500 g/mol. The summed E-state index contributed by atoms with van der Waals surface area (Å²) in [6.45, 7) is 1.25. The van der Waals surface area contributed by atoms with E-state index in [4.69, 9.17) is 5.73 Å². The Morgan fingerprint density at radius 2 is 2.19 bits per heavy atom. The highest BCUT2D eigenvalue weighted by Gasteiger charge is 2.37. The van der Waals surface area contributed by atoms with Crippen LogP contribution in [-0.2, 0) is 27.3 Å². The monoisotopic (exact) mass is 499 g/mol. The lowest BCUT2D eigenvalue weighted by atomic mass is 10.1. The van der Waals surface area contributed by atoms with Gasteiger partial charge in [-0.25, -0.2) is 9.67 Å². The molecular weight excluding hydrogens is 474 g/mol. The second-order valence-corrected chi connectivity index (χ2v) is 10.3. The van der Waals surface area contributed by atoms with Crippen molar-refractivity contribution in [2.45, 2.75) is 24.2 Å². The number of likely N-dealkylation sites (N-methyl/N-ethyl adjacent to an activating group) is 1. The Hall–Kier alpha value is -2.23. The molecule has 4 N–H and O–H groups in total. The average Bonchev–Trinajstić information content (AvgIpc) is 3.45. The van der Waals surface area contributed by atoms with Gasteiger partial charge in [-0.1, -0.05) is 23.5 Å². The Labute approximate surface area is 197 Å². The normalized spacial score (nSPS) is 18.3. The molecule has 1 fully saturated rings. The number of thiazole rings is 1. The quantitative estimate of drug-likeness (QED) is 0.329. The lowest BCUT2D eigenvalue weighted by Gasteiger charge is -2.18. The molecule has 2 aromatic heterocycles. The molecule has 2 amide bonds. The molecule has 0 radical (unpaired) electrons. The van der Waals surface area contributed by atoms with E-state index in [0.717, 1.165) is 6.54 Å². The molecule has 2 aromatic rings. The lowest BCUT2D eigenvalue weighted by molar-refractivity contribution is -0.127. The number of aromatic nitrogens is 5.